The number of aromatic nitrogens is 2. The standard InChI is InChI=1S/C21H18FN5O2.ClH/c22-17-6-1-13(11-23)9-16(17)18-10-19(27-26-18)21(28)25-15-4-2-14(3-5-15)20-12-24-7-8-29-20;/h1-6,9-10,20,24H,7-8,12H2,(H,25,28)(H,26,27);1H/t20-;/m1./s1. The highest BCUT2D eigenvalue weighted by Crippen LogP contribution is 2.24. The smallest absolute Gasteiger partial charge is 0.273 e. The van der Waals surface area contributed by atoms with Gasteiger partial charge < -0.3 is 15.4 Å². The molecule has 1 aliphatic rings. The lowest BCUT2D eigenvalue weighted by atomic mass is 10.1. The molecule has 7 nitrogen and oxygen atoms in total. The highest BCUT2D eigenvalue weighted by molar-refractivity contribution is 6.03. The van der Waals surface area contributed by atoms with Crippen molar-refractivity contribution in [2.75, 3.05) is 25.0 Å². The molecule has 3 N–H and O–H groups in total. The molecule has 2 heterocycles. The van der Waals surface area contributed by atoms with Crippen LogP contribution in [0.2, 0.25) is 0 Å². The normalized spacial score (nSPS) is 15.7. The lowest BCUT2D eigenvalue weighted by molar-refractivity contribution is 0.0277. The first-order valence-electron chi connectivity index (χ1n) is 9.13. The van der Waals surface area contributed by atoms with Gasteiger partial charge in [-0.1, -0.05) is 12.1 Å². The van der Waals surface area contributed by atoms with E-state index in [0.717, 1.165) is 18.7 Å². The molecule has 0 saturated carbocycles. The van der Waals surface area contributed by atoms with Gasteiger partial charge in [-0.25, -0.2) is 4.39 Å². The van der Waals surface area contributed by atoms with Crippen LogP contribution in [0.15, 0.2) is 48.5 Å². The largest absolute Gasteiger partial charge is 0.371 e. The second-order valence-corrected chi connectivity index (χ2v) is 6.61. The number of ether oxygens (including phenoxy) is 1. The predicted molar refractivity (Wildman–Crippen MR) is 112 cm³/mol. The first-order valence-corrected chi connectivity index (χ1v) is 9.13. The number of nitrogens with zero attached hydrogens (tertiary/aromatic N) is 2. The number of nitrogens with one attached hydrogen (secondary N) is 3. The molecule has 1 amide bonds. The van der Waals surface area contributed by atoms with Crippen molar-refractivity contribution in [2.45, 2.75) is 6.10 Å². The quantitative estimate of drug-likeness (QED) is 0.592. The van der Waals surface area contributed by atoms with Gasteiger partial charge in [0.05, 0.1) is 30.0 Å². The van der Waals surface area contributed by atoms with Crippen molar-refractivity contribution in [2.24, 2.45) is 0 Å². The van der Waals surface area contributed by atoms with E-state index >= 15 is 0 Å². The second kappa shape index (κ2) is 9.50. The molecule has 1 saturated heterocycles. The van der Waals surface area contributed by atoms with Crippen LogP contribution in [0, 0.1) is 17.1 Å². The van der Waals surface area contributed by atoms with Gasteiger partial charge in [0.1, 0.15) is 11.5 Å². The highest BCUT2D eigenvalue weighted by atomic mass is 35.5. The first kappa shape index (κ1) is 21.5. The van der Waals surface area contributed by atoms with Crippen molar-refractivity contribution in [3.63, 3.8) is 0 Å². The Labute approximate surface area is 178 Å². The highest BCUT2D eigenvalue weighted by Gasteiger charge is 2.17. The number of rotatable bonds is 4. The van der Waals surface area contributed by atoms with Gasteiger partial charge in [-0.05, 0) is 42.0 Å². The topological polar surface area (TPSA) is 103 Å². The molecule has 9 heteroatoms. The van der Waals surface area contributed by atoms with E-state index in [9.17, 15) is 9.18 Å². The number of nitriles is 1. The summed E-state index contributed by atoms with van der Waals surface area (Å²) in [5, 5.41) is 21.7. The predicted octanol–water partition coefficient (Wildman–Crippen LogP) is 3.42. The fraction of sp³-hybridized carbons (Fsp3) is 0.190. The summed E-state index contributed by atoms with van der Waals surface area (Å²) >= 11 is 0. The fourth-order valence-corrected chi connectivity index (χ4v) is 3.13. The lowest BCUT2D eigenvalue weighted by Gasteiger charge is -2.24. The van der Waals surface area contributed by atoms with Gasteiger partial charge in [0.15, 0.2) is 0 Å². The molecule has 2 aromatic carbocycles. The third-order valence-electron chi connectivity index (χ3n) is 4.66. The molecule has 154 valence electrons. The number of carbonyl (C=O) groups excluding carboxylic acids is 1. The molecule has 1 fully saturated rings. The van der Waals surface area contributed by atoms with E-state index in [1.807, 2.05) is 18.2 Å². The van der Waals surface area contributed by atoms with Gasteiger partial charge in [0.2, 0.25) is 0 Å². The number of anilines is 1. The summed E-state index contributed by atoms with van der Waals surface area (Å²) in [6.07, 6.45) is 0.00253. The van der Waals surface area contributed by atoms with Crippen LogP contribution in [0.1, 0.15) is 27.7 Å². The Balaban J connectivity index is 0.00000256. The second-order valence-electron chi connectivity index (χ2n) is 6.61. The number of H-pyrrole nitrogens is 1. The van der Waals surface area contributed by atoms with Crippen molar-refractivity contribution in [1.82, 2.24) is 15.5 Å². The van der Waals surface area contributed by atoms with Gasteiger partial charge in [0, 0.05) is 24.3 Å². The SMILES string of the molecule is Cl.N#Cc1ccc(F)c(-c2cc(C(=O)Nc3ccc([C@H]4CNCCO4)cc3)[nH]n2)c1. The summed E-state index contributed by atoms with van der Waals surface area (Å²) in [6, 6.07) is 14.8. The van der Waals surface area contributed by atoms with Crippen molar-refractivity contribution in [3.05, 3.63) is 71.2 Å². The number of benzene rings is 2. The molecule has 4 rings (SSSR count). The minimum Gasteiger partial charge on any atom is -0.371 e. The number of hydrogen-bond acceptors (Lipinski definition) is 5. The minimum atomic E-state index is -0.516. The lowest BCUT2D eigenvalue weighted by Crippen LogP contribution is -2.33. The molecule has 1 aromatic heterocycles. The maximum atomic E-state index is 14.1. The molecular formula is C21H19ClFN5O2. The Morgan fingerprint density at radius 2 is 2.03 bits per heavy atom. The molecule has 1 aliphatic heterocycles. The number of aromatic amines is 1. The van der Waals surface area contributed by atoms with E-state index < -0.39 is 11.7 Å². The Hall–Kier alpha value is -3.25. The van der Waals surface area contributed by atoms with Gasteiger partial charge in [0.25, 0.3) is 5.91 Å². The van der Waals surface area contributed by atoms with Gasteiger partial charge in [-0.2, -0.15) is 10.4 Å². The maximum Gasteiger partial charge on any atom is 0.273 e. The zero-order chi connectivity index (χ0) is 20.2. The number of hydrogen-bond donors (Lipinski definition) is 3. The van der Waals surface area contributed by atoms with E-state index in [4.69, 9.17) is 10.00 Å². The molecule has 30 heavy (non-hydrogen) atoms. The molecule has 0 unspecified atom stereocenters. The average molecular weight is 428 g/mol. The van der Waals surface area contributed by atoms with Crippen molar-refractivity contribution in [3.8, 4) is 17.3 Å². The van der Waals surface area contributed by atoms with E-state index in [-0.39, 0.29) is 35.5 Å². The summed E-state index contributed by atoms with van der Waals surface area (Å²) in [4.78, 5) is 12.5. The summed E-state index contributed by atoms with van der Waals surface area (Å²) in [5.41, 5.74) is 2.56. The summed E-state index contributed by atoms with van der Waals surface area (Å²) in [7, 11) is 0. The molecule has 0 aliphatic carbocycles. The monoisotopic (exact) mass is 427 g/mol. The third kappa shape index (κ3) is 4.66. The van der Waals surface area contributed by atoms with Crippen LogP contribution in [-0.2, 0) is 4.74 Å². The zero-order valence-corrected chi connectivity index (χ0v) is 16.6. The summed E-state index contributed by atoms with van der Waals surface area (Å²) < 4.78 is 19.8. The molecule has 0 bridgehead atoms. The van der Waals surface area contributed by atoms with E-state index in [1.54, 1.807) is 12.1 Å². The van der Waals surface area contributed by atoms with E-state index in [2.05, 4.69) is 20.8 Å². The Morgan fingerprint density at radius 3 is 2.73 bits per heavy atom. The van der Waals surface area contributed by atoms with Crippen LogP contribution < -0.4 is 10.6 Å². The molecule has 0 radical (unpaired) electrons. The minimum absolute atomic E-state index is 0. The number of carbonyl (C=O) groups is 1. The zero-order valence-electron chi connectivity index (χ0n) is 15.8. The van der Waals surface area contributed by atoms with Crippen molar-refractivity contribution < 1.29 is 13.9 Å². The molecular weight excluding hydrogens is 409 g/mol. The van der Waals surface area contributed by atoms with Crippen LogP contribution in [0.5, 0.6) is 0 Å². The third-order valence-corrected chi connectivity index (χ3v) is 4.66. The summed E-state index contributed by atoms with van der Waals surface area (Å²) in [6.45, 7) is 2.27. The first-order chi connectivity index (χ1) is 14.1. The van der Waals surface area contributed by atoms with Crippen LogP contribution in [0.3, 0.4) is 0 Å². The van der Waals surface area contributed by atoms with Crippen LogP contribution in [0.25, 0.3) is 11.3 Å². The average Bonchev–Trinajstić information content (AvgIpc) is 3.25. The van der Waals surface area contributed by atoms with Crippen LogP contribution in [0.4, 0.5) is 10.1 Å². The molecule has 1 atom stereocenters. The Kier molecular flexibility index (Phi) is 6.79. The van der Waals surface area contributed by atoms with Crippen molar-refractivity contribution >= 4 is 24.0 Å². The number of morpholine rings is 1. The fourth-order valence-electron chi connectivity index (χ4n) is 3.13. The Morgan fingerprint density at radius 1 is 1.23 bits per heavy atom. The van der Waals surface area contributed by atoms with Gasteiger partial charge in [-0.3, -0.25) is 9.89 Å². The maximum absolute atomic E-state index is 14.1. The van der Waals surface area contributed by atoms with Gasteiger partial charge in [-0.15, -0.1) is 12.4 Å². The Bertz CT molecular complexity index is 1070. The molecule has 0 spiro atoms. The summed E-state index contributed by atoms with van der Waals surface area (Å²) in [5.74, 6) is -0.915. The number of halogens is 2. The van der Waals surface area contributed by atoms with Crippen LogP contribution >= 0.6 is 12.4 Å². The van der Waals surface area contributed by atoms with Gasteiger partial charge >= 0.3 is 0 Å². The number of amides is 1. The van der Waals surface area contributed by atoms with E-state index in [1.165, 1.54) is 24.3 Å². The van der Waals surface area contributed by atoms with E-state index in [0.29, 0.717) is 17.9 Å². The van der Waals surface area contributed by atoms with Crippen LogP contribution in [-0.4, -0.2) is 35.8 Å². The van der Waals surface area contributed by atoms with Crippen molar-refractivity contribution in [1.29, 1.82) is 5.26 Å². The molecule has 3 aromatic rings.